The monoisotopic (exact) mass is 1050 g/mol. The first-order valence-electron chi connectivity index (χ1n) is 25.0. The number of hydrogen-bond acceptors (Lipinski definition) is 24. The van der Waals surface area contributed by atoms with Crippen LogP contribution in [0.2, 0.25) is 0 Å². The zero-order chi connectivity index (χ0) is 52.9. The summed E-state index contributed by atoms with van der Waals surface area (Å²) in [6.45, 7) is 12.6. The first-order chi connectivity index (χ1) is 35.0. The zero-order valence-corrected chi connectivity index (χ0v) is 42.6. The average molecular weight is 1050 g/mol. The average Bonchev–Trinajstić information content (AvgIpc) is 3.37. The second-order valence-corrected chi connectivity index (χ2v) is 16.3. The summed E-state index contributed by atoms with van der Waals surface area (Å²) in [7, 11) is 1.63. The predicted molar refractivity (Wildman–Crippen MR) is 254 cm³/mol. The van der Waals surface area contributed by atoms with Crippen molar-refractivity contribution in [3.05, 3.63) is 12.2 Å². The van der Waals surface area contributed by atoms with Crippen molar-refractivity contribution in [1.29, 1.82) is 0 Å². The number of aliphatic hydroxyl groups excluding tert-OH is 7. The molecule has 1 aliphatic rings. The quantitative estimate of drug-likeness (QED) is 0.0147. The van der Waals surface area contributed by atoms with E-state index in [0.717, 1.165) is 38.5 Å². The maximum Gasteiger partial charge on any atom is 0.335 e. The number of ether oxygens (including phenoxy) is 15. The van der Waals surface area contributed by atoms with E-state index < -0.39 is 86.9 Å². The fourth-order valence-corrected chi connectivity index (χ4v) is 6.18. The summed E-state index contributed by atoms with van der Waals surface area (Å²) in [5.41, 5.74) is 0.135. The molecule has 0 bridgehead atoms. The van der Waals surface area contributed by atoms with Crippen LogP contribution in [0.25, 0.3) is 0 Å². The van der Waals surface area contributed by atoms with E-state index in [0.29, 0.717) is 132 Å². The topological polar surface area (TPSA) is 326 Å². The summed E-state index contributed by atoms with van der Waals surface area (Å²) in [5.74, 6) is -2.15. The summed E-state index contributed by atoms with van der Waals surface area (Å²) in [6, 6.07) is 0. The molecule has 1 fully saturated rings. The standard InChI is InChI=1S/C47H89NO24/c1-4-5-6-7-8-11-36(2)46(57)71-39(48-45(56)42(54)41(53)44(37(50)32-49)72-47-43(55)40(52)38(51)33-70-47)34-69-35-68-31-30-67-29-28-66-27-26-65-25-23-63-19-17-60-13-10-9-12-59-16-18-62-22-24-64-21-20-61-15-14-58-3/h37-44,47,49-55H,2,4-35H2,1,3H3,(H,48,56)/t37?,38-,39?,40-,41?,42?,43?,44?,47-/m0/s1. The van der Waals surface area contributed by atoms with Gasteiger partial charge < -0.3 is 112 Å². The van der Waals surface area contributed by atoms with E-state index in [1.165, 1.54) is 0 Å². The van der Waals surface area contributed by atoms with Crippen molar-refractivity contribution in [2.45, 2.75) is 114 Å². The molecule has 9 atom stereocenters. The first-order valence-corrected chi connectivity index (χ1v) is 25.0. The number of esters is 1. The summed E-state index contributed by atoms with van der Waals surface area (Å²) < 4.78 is 81.0. The van der Waals surface area contributed by atoms with Crippen LogP contribution in [-0.2, 0) is 80.6 Å². The lowest BCUT2D eigenvalue weighted by Crippen LogP contribution is -2.59. The lowest BCUT2D eigenvalue weighted by Gasteiger charge is -2.39. The molecule has 0 aliphatic carbocycles. The van der Waals surface area contributed by atoms with Gasteiger partial charge >= 0.3 is 5.97 Å². The highest BCUT2D eigenvalue weighted by atomic mass is 16.7. The van der Waals surface area contributed by atoms with E-state index in [2.05, 4.69) is 18.8 Å². The number of unbranched alkanes of at least 4 members (excludes halogenated alkanes) is 5. The molecule has 1 saturated heterocycles. The second kappa shape index (κ2) is 47.3. The largest absolute Gasteiger partial charge is 0.436 e. The van der Waals surface area contributed by atoms with Gasteiger partial charge in [-0.05, 0) is 25.7 Å². The minimum Gasteiger partial charge on any atom is -0.436 e. The smallest absolute Gasteiger partial charge is 0.335 e. The Labute approximate surface area is 424 Å². The Morgan fingerprint density at radius 3 is 1.54 bits per heavy atom. The molecule has 0 aromatic heterocycles. The number of amides is 1. The number of rotatable bonds is 52. The molecule has 72 heavy (non-hydrogen) atoms. The van der Waals surface area contributed by atoms with Gasteiger partial charge in [-0.1, -0.05) is 39.2 Å². The van der Waals surface area contributed by atoms with Gasteiger partial charge in [0.25, 0.3) is 5.91 Å². The van der Waals surface area contributed by atoms with E-state index in [1.54, 1.807) is 7.11 Å². The van der Waals surface area contributed by atoms with Crippen LogP contribution in [0, 0.1) is 0 Å². The number of nitrogens with one attached hydrogen (secondary N) is 1. The van der Waals surface area contributed by atoms with E-state index in [4.69, 9.17) is 71.1 Å². The number of carbonyl (C=O) groups is 2. The highest BCUT2D eigenvalue weighted by Gasteiger charge is 2.44. The van der Waals surface area contributed by atoms with Gasteiger partial charge in [-0.2, -0.15) is 0 Å². The molecule has 1 rings (SSSR count). The normalized spacial score (nSPS) is 19.2. The fourth-order valence-electron chi connectivity index (χ4n) is 6.18. The SMILES string of the molecule is C=C(CCCCCCC)C(=O)OC(COCOCCOCCOCCOCCOCCOCCCCOCCOCCOCCOCCOC)NC(=O)C(O)C(O)C(O[C@@H]1OC[C@H](O)[C@H](O)C1O)C(O)CO. The van der Waals surface area contributed by atoms with Crippen LogP contribution in [-0.4, -0.2) is 269 Å². The molecule has 0 aromatic carbocycles. The number of carbonyl (C=O) groups excluding carboxylic acids is 2. The fraction of sp³-hybridized carbons (Fsp3) is 0.915. The van der Waals surface area contributed by atoms with Crippen LogP contribution in [0.5, 0.6) is 0 Å². The molecule has 1 amide bonds. The summed E-state index contributed by atoms with van der Waals surface area (Å²) >= 11 is 0. The maximum atomic E-state index is 13.1. The number of methoxy groups -OCH3 is 1. The second-order valence-electron chi connectivity index (χ2n) is 16.3. The van der Waals surface area contributed by atoms with E-state index in [-0.39, 0.29) is 25.6 Å². The Morgan fingerprint density at radius 1 is 0.611 bits per heavy atom. The third kappa shape index (κ3) is 35.2. The van der Waals surface area contributed by atoms with Crippen LogP contribution in [0.15, 0.2) is 12.2 Å². The van der Waals surface area contributed by atoms with Crippen molar-refractivity contribution in [3.63, 3.8) is 0 Å². The number of aliphatic hydroxyl groups is 7. The van der Waals surface area contributed by atoms with Crippen molar-refractivity contribution < 1.29 is 116 Å². The maximum absolute atomic E-state index is 13.1. The summed E-state index contributed by atoms with van der Waals surface area (Å²) in [6.07, 6.45) is -10.0. The van der Waals surface area contributed by atoms with Gasteiger partial charge in [-0.25, -0.2) is 4.79 Å². The molecule has 0 spiro atoms. The predicted octanol–water partition coefficient (Wildman–Crippen LogP) is -1.65. The Bertz CT molecular complexity index is 1280. The minimum absolute atomic E-state index is 0.117. The molecule has 8 N–H and O–H groups in total. The Kier molecular flexibility index (Phi) is 44.6. The summed E-state index contributed by atoms with van der Waals surface area (Å²) in [4.78, 5) is 26.0. The van der Waals surface area contributed by atoms with Crippen LogP contribution in [0.3, 0.4) is 0 Å². The highest BCUT2D eigenvalue weighted by Crippen LogP contribution is 2.22. The Balaban J connectivity index is 2.20. The number of hydrogen-bond donors (Lipinski definition) is 8. The molecule has 0 aromatic rings. The molecule has 0 saturated carbocycles. The van der Waals surface area contributed by atoms with Crippen LogP contribution in [0.4, 0.5) is 0 Å². The molecule has 1 heterocycles. The van der Waals surface area contributed by atoms with Gasteiger partial charge in [-0.15, -0.1) is 0 Å². The summed E-state index contributed by atoms with van der Waals surface area (Å²) in [5, 5.41) is 73.7. The zero-order valence-electron chi connectivity index (χ0n) is 42.6. The van der Waals surface area contributed by atoms with E-state index in [9.17, 15) is 45.3 Å². The third-order valence-electron chi connectivity index (χ3n) is 10.3. The van der Waals surface area contributed by atoms with Gasteiger partial charge in [0.05, 0.1) is 132 Å². The molecule has 6 unspecified atom stereocenters. The van der Waals surface area contributed by atoms with Gasteiger partial charge in [0.15, 0.2) is 18.6 Å². The van der Waals surface area contributed by atoms with Crippen molar-refractivity contribution in [1.82, 2.24) is 5.32 Å². The van der Waals surface area contributed by atoms with Gasteiger partial charge in [-0.3, -0.25) is 4.79 Å². The van der Waals surface area contributed by atoms with Crippen LogP contribution in [0.1, 0.15) is 58.3 Å². The van der Waals surface area contributed by atoms with Crippen LogP contribution >= 0.6 is 0 Å². The van der Waals surface area contributed by atoms with Gasteiger partial charge in [0, 0.05) is 25.9 Å². The van der Waals surface area contributed by atoms with Crippen LogP contribution < -0.4 is 5.32 Å². The third-order valence-corrected chi connectivity index (χ3v) is 10.3. The molecule has 0 radical (unpaired) electrons. The van der Waals surface area contributed by atoms with Crippen molar-refractivity contribution in [2.24, 2.45) is 0 Å². The molecule has 426 valence electrons. The van der Waals surface area contributed by atoms with Crippen molar-refractivity contribution in [2.75, 3.05) is 166 Å². The molecular weight excluding hydrogens is 963 g/mol. The lowest BCUT2D eigenvalue weighted by molar-refractivity contribution is -0.302. The molecule has 1 aliphatic heterocycles. The molecular formula is C47H89NO24. The van der Waals surface area contributed by atoms with E-state index in [1.807, 2.05) is 0 Å². The Hall–Kier alpha value is -2.16. The molecule has 25 nitrogen and oxygen atoms in total. The minimum atomic E-state index is -2.37. The van der Waals surface area contributed by atoms with Gasteiger partial charge in [0.1, 0.15) is 50.0 Å². The first kappa shape index (κ1) is 67.9. The van der Waals surface area contributed by atoms with E-state index >= 15 is 0 Å². The highest BCUT2D eigenvalue weighted by molar-refractivity contribution is 5.88. The lowest BCUT2D eigenvalue weighted by atomic mass is 10.0. The van der Waals surface area contributed by atoms with Crippen molar-refractivity contribution in [3.8, 4) is 0 Å². The Morgan fingerprint density at radius 2 is 1.07 bits per heavy atom. The van der Waals surface area contributed by atoms with Crippen molar-refractivity contribution >= 4 is 11.9 Å². The molecule has 25 heteroatoms. The van der Waals surface area contributed by atoms with Gasteiger partial charge in [0.2, 0.25) is 0 Å².